The molecule has 0 bridgehead atoms. The molecule has 0 saturated heterocycles. The zero-order valence-corrected chi connectivity index (χ0v) is 10.4. The van der Waals surface area contributed by atoms with Crippen molar-refractivity contribution >= 4 is 11.9 Å². The maximum Gasteiger partial charge on any atom is 0.325 e. The van der Waals surface area contributed by atoms with Crippen molar-refractivity contribution in [3.63, 3.8) is 0 Å². The van der Waals surface area contributed by atoms with E-state index in [2.05, 4.69) is 21.4 Å². The quantitative estimate of drug-likeness (QED) is 0.702. The highest BCUT2D eigenvalue weighted by Crippen LogP contribution is 2.30. The molecule has 0 N–H and O–H groups in total. The molecule has 1 aliphatic rings. The largest absolute Gasteiger partial charge is 0.465 e. The lowest BCUT2D eigenvalue weighted by Gasteiger charge is -2.22. The van der Waals surface area contributed by atoms with E-state index in [4.69, 9.17) is 4.74 Å². The van der Waals surface area contributed by atoms with Crippen LogP contribution in [0.2, 0.25) is 0 Å². The number of rotatable bonds is 6. The summed E-state index contributed by atoms with van der Waals surface area (Å²) in [7, 11) is 0. The molecule has 0 atom stereocenters. The molecule has 1 aromatic rings. The molecule has 1 aliphatic carbocycles. The van der Waals surface area contributed by atoms with Crippen LogP contribution in [0.15, 0.2) is 12.4 Å². The Kier molecular flexibility index (Phi) is 3.66. The van der Waals surface area contributed by atoms with E-state index < -0.39 is 0 Å². The second kappa shape index (κ2) is 5.21. The van der Waals surface area contributed by atoms with Crippen LogP contribution in [0.5, 0.6) is 0 Å². The van der Waals surface area contributed by atoms with Crippen molar-refractivity contribution in [2.24, 2.45) is 0 Å². The second-order valence-corrected chi connectivity index (χ2v) is 4.18. The van der Waals surface area contributed by atoms with E-state index in [1.165, 1.54) is 0 Å². The van der Waals surface area contributed by atoms with E-state index in [1.807, 2.05) is 13.1 Å². The Bertz CT molecular complexity index is 385. The molecule has 1 aromatic heterocycles. The highest BCUT2D eigenvalue weighted by Gasteiger charge is 2.33. The number of hydrogen-bond acceptors (Lipinski definition) is 4. The minimum absolute atomic E-state index is 0.176. The Morgan fingerprint density at radius 1 is 1.59 bits per heavy atom. The summed E-state index contributed by atoms with van der Waals surface area (Å²) in [5.41, 5.74) is 0. The van der Waals surface area contributed by atoms with E-state index in [0.717, 1.165) is 25.3 Å². The molecule has 17 heavy (non-hydrogen) atoms. The lowest BCUT2D eigenvalue weighted by molar-refractivity contribution is -0.141. The van der Waals surface area contributed by atoms with Gasteiger partial charge in [0.1, 0.15) is 6.54 Å². The fourth-order valence-corrected chi connectivity index (χ4v) is 1.90. The number of esters is 1. The van der Waals surface area contributed by atoms with E-state index in [0.29, 0.717) is 19.2 Å². The van der Waals surface area contributed by atoms with Crippen LogP contribution in [0.25, 0.3) is 0 Å². The van der Waals surface area contributed by atoms with Gasteiger partial charge in [0.05, 0.1) is 6.61 Å². The van der Waals surface area contributed by atoms with Gasteiger partial charge in [-0.15, -0.1) is 0 Å². The van der Waals surface area contributed by atoms with Crippen LogP contribution < -0.4 is 4.90 Å². The van der Waals surface area contributed by atoms with Crippen molar-refractivity contribution in [3.05, 3.63) is 12.4 Å². The van der Waals surface area contributed by atoms with E-state index in [9.17, 15) is 4.79 Å². The van der Waals surface area contributed by atoms with Crippen LogP contribution in [0.4, 0.5) is 5.95 Å². The Morgan fingerprint density at radius 3 is 2.94 bits per heavy atom. The summed E-state index contributed by atoms with van der Waals surface area (Å²) in [6, 6.07) is 0.451. The van der Waals surface area contributed by atoms with Crippen LogP contribution in [0.3, 0.4) is 0 Å². The summed E-state index contributed by atoms with van der Waals surface area (Å²) in [4.78, 5) is 18.0. The molecular weight excluding hydrogens is 218 g/mol. The summed E-state index contributed by atoms with van der Waals surface area (Å²) in [5, 5.41) is 0. The van der Waals surface area contributed by atoms with Gasteiger partial charge in [-0.3, -0.25) is 4.79 Å². The Labute approximate surface area is 101 Å². The molecule has 0 amide bonds. The van der Waals surface area contributed by atoms with Gasteiger partial charge < -0.3 is 14.2 Å². The molecule has 94 valence electrons. The lowest BCUT2D eigenvalue weighted by Crippen LogP contribution is -2.35. The second-order valence-electron chi connectivity index (χ2n) is 4.18. The van der Waals surface area contributed by atoms with Crippen molar-refractivity contribution in [3.8, 4) is 0 Å². The summed E-state index contributed by atoms with van der Waals surface area (Å²) < 4.78 is 7.06. The first kappa shape index (κ1) is 12.0. The summed E-state index contributed by atoms with van der Waals surface area (Å²) >= 11 is 0. The number of carbonyl (C=O) groups excluding carboxylic acids is 1. The van der Waals surface area contributed by atoms with Crippen LogP contribution >= 0.6 is 0 Å². The first-order valence-corrected chi connectivity index (χ1v) is 6.19. The molecule has 0 unspecified atom stereocenters. The van der Waals surface area contributed by atoms with Gasteiger partial charge in [-0.25, -0.2) is 4.98 Å². The molecule has 5 heteroatoms. The van der Waals surface area contributed by atoms with E-state index in [-0.39, 0.29) is 5.97 Å². The summed E-state index contributed by atoms with van der Waals surface area (Å²) in [6.07, 6.45) is 5.99. The van der Waals surface area contributed by atoms with Gasteiger partial charge in [-0.2, -0.15) is 0 Å². The number of hydrogen-bond donors (Lipinski definition) is 0. The van der Waals surface area contributed by atoms with E-state index >= 15 is 0 Å². The van der Waals surface area contributed by atoms with Crippen molar-refractivity contribution in [1.29, 1.82) is 0 Å². The first-order valence-electron chi connectivity index (χ1n) is 6.19. The Morgan fingerprint density at radius 2 is 2.35 bits per heavy atom. The minimum Gasteiger partial charge on any atom is -0.465 e. The van der Waals surface area contributed by atoms with Gasteiger partial charge >= 0.3 is 5.97 Å². The molecular formula is C12H19N3O2. The maximum absolute atomic E-state index is 11.6. The average Bonchev–Trinajstić information content (AvgIpc) is 3.04. The van der Waals surface area contributed by atoms with Gasteiger partial charge in [-0.05, 0) is 26.7 Å². The smallest absolute Gasteiger partial charge is 0.325 e. The summed E-state index contributed by atoms with van der Waals surface area (Å²) in [5.74, 6) is 0.702. The number of imidazole rings is 1. The fraction of sp³-hybridized carbons (Fsp3) is 0.667. The van der Waals surface area contributed by atoms with Crippen molar-refractivity contribution in [2.75, 3.05) is 18.1 Å². The number of carbonyl (C=O) groups is 1. The van der Waals surface area contributed by atoms with E-state index in [1.54, 1.807) is 6.20 Å². The van der Waals surface area contributed by atoms with Crippen LogP contribution in [-0.2, 0) is 16.1 Å². The molecule has 2 rings (SSSR count). The van der Waals surface area contributed by atoms with Crippen molar-refractivity contribution in [2.45, 2.75) is 39.3 Å². The molecule has 1 fully saturated rings. The highest BCUT2D eigenvalue weighted by molar-refractivity contribution is 5.75. The van der Waals surface area contributed by atoms with Gasteiger partial charge in [0.2, 0.25) is 5.95 Å². The molecule has 0 aromatic carbocycles. The predicted molar refractivity (Wildman–Crippen MR) is 64.9 cm³/mol. The average molecular weight is 237 g/mol. The minimum atomic E-state index is -0.176. The van der Waals surface area contributed by atoms with Crippen LogP contribution in [0, 0.1) is 0 Å². The third-order valence-electron chi connectivity index (χ3n) is 2.88. The molecule has 0 aliphatic heterocycles. The number of ether oxygens (including phenoxy) is 1. The Balaban J connectivity index is 2.09. The predicted octanol–water partition coefficient (Wildman–Crippen LogP) is 1.43. The van der Waals surface area contributed by atoms with Crippen molar-refractivity contribution in [1.82, 2.24) is 9.55 Å². The molecule has 0 spiro atoms. The Hall–Kier alpha value is -1.52. The highest BCUT2D eigenvalue weighted by atomic mass is 16.5. The number of aryl methyl sites for hydroxylation is 1. The standard InChI is InChI=1S/C12H19N3O2/c1-3-14-8-7-13-12(14)15(10-5-6-10)9-11(16)17-4-2/h7-8,10H,3-6,9H2,1-2H3. The number of anilines is 1. The fourth-order valence-electron chi connectivity index (χ4n) is 1.90. The SMILES string of the molecule is CCOC(=O)CN(c1nccn1CC)C1CC1. The van der Waals surface area contributed by atoms with Gasteiger partial charge in [0.15, 0.2) is 0 Å². The van der Waals surface area contributed by atoms with Gasteiger partial charge in [0.25, 0.3) is 0 Å². The van der Waals surface area contributed by atoms with Crippen LogP contribution in [0.1, 0.15) is 26.7 Å². The number of nitrogens with zero attached hydrogens (tertiary/aromatic N) is 3. The van der Waals surface area contributed by atoms with Gasteiger partial charge in [-0.1, -0.05) is 0 Å². The third kappa shape index (κ3) is 2.78. The summed E-state index contributed by atoms with van der Waals surface area (Å²) in [6.45, 7) is 5.49. The monoisotopic (exact) mass is 237 g/mol. The van der Waals surface area contributed by atoms with Gasteiger partial charge in [0, 0.05) is 25.0 Å². The zero-order valence-electron chi connectivity index (χ0n) is 10.4. The maximum atomic E-state index is 11.6. The molecule has 1 heterocycles. The number of aromatic nitrogens is 2. The van der Waals surface area contributed by atoms with Crippen molar-refractivity contribution < 1.29 is 9.53 Å². The zero-order chi connectivity index (χ0) is 12.3. The molecule has 1 saturated carbocycles. The topological polar surface area (TPSA) is 47.4 Å². The normalized spacial score (nSPS) is 14.7. The molecule has 0 radical (unpaired) electrons. The lowest BCUT2D eigenvalue weighted by atomic mass is 10.5. The first-order chi connectivity index (χ1) is 8.26. The molecule has 5 nitrogen and oxygen atoms in total. The van der Waals surface area contributed by atoms with Crippen LogP contribution in [-0.4, -0.2) is 34.7 Å². The third-order valence-corrected chi connectivity index (χ3v) is 2.88.